The van der Waals surface area contributed by atoms with Gasteiger partial charge in [-0.15, -0.1) is 0 Å². The van der Waals surface area contributed by atoms with Gasteiger partial charge in [0.05, 0.1) is 17.2 Å². The van der Waals surface area contributed by atoms with Crippen LogP contribution in [-0.4, -0.2) is 13.1 Å². The van der Waals surface area contributed by atoms with E-state index in [1.807, 2.05) is 4.90 Å². The largest absolute Gasteiger partial charge is 0.417 e. The van der Waals surface area contributed by atoms with Gasteiger partial charge in [0.1, 0.15) is 0 Å². The summed E-state index contributed by atoms with van der Waals surface area (Å²) in [6, 6.07) is 5.59. The molecule has 0 bridgehead atoms. The molecule has 0 fully saturated rings. The van der Waals surface area contributed by atoms with Crippen LogP contribution in [0.2, 0.25) is 0 Å². The lowest BCUT2D eigenvalue weighted by molar-refractivity contribution is -0.137. The maximum absolute atomic E-state index is 13.0. The highest BCUT2D eigenvalue weighted by Crippen LogP contribution is 2.34. The molecule has 0 unspecified atom stereocenters. The van der Waals surface area contributed by atoms with Crippen molar-refractivity contribution in [3.05, 3.63) is 29.3 Å². The summed E-state index contributed by atoms with van der Waals surface area (Å²) in [5, 5.41) is 8.83. The number of benzene rings is 1. The second kappa shape index (κ2) is 7.92. The monoisotopic (exact) mass is 298 g/mol. The number of unbranched alkanes of at least 4 members (excludes halogenated alkanes) is 2. The number of anilines is 1. The highest BCUT2D eigenvalue weighted by atomic mass is 19.4. The van der Waals surface area contributed by atoms with Crippen molar-refractivity contribution < 1.29 is 13.2 Å². The van der Waals surface area contributed by atoms with Crippen molar-refractivity contribution in [1.29, 1.82) is 5.26 Å². The normalized spacial score (nSPS) is 11.2. The molecular formula is C16H21F3N2. The third-order valence-corrected chi connectivity index (χ3v) is 3.36. The highest BCUT2D eigenvalue weighted by Gasteiger charge is 2.34. The molecule has 0 spiro atoms. The van der Waals surface area contributed by atoms with Crippen molar-refractivity contribution >= 4 is 5.69 Å². The third-order valence-electron chi connectivity index (χ3n) is 3.36. The van der Waals surface area contributed by atoms with Crippen LogP contribution in [0.4, 0.5) is 18.9 Å². The van der Waals surface area contributed by atoms with Gasteiger partial charge in [-0.3, -0.25) is 0 Å². The Morgan fingerprint density at radius 3 is 2.10 bits per heavy atom. The maximum Gasteiger partial charge on any atom is 0.417 e. The first-order valence-corrected chi connectivity index (χ1v) is 7.30. The Labute approximate surface area is 124 Å². The number of halogens is 3. The van der Waals surface area contributed by atoms with E-state index in [1.165, 1.54) is 6.07 Å². The Bertz CT molecular complexity index is 481. The van der Waals surface area contributed by atoms with Crippen molar-refractivity contribution in [1.82, 2.24) is 0 Å². The van der Waals surface area contributed by atoms with Gasteiger partial charge in [0.15, 0.2) is 0 Å². The number of nitriles is 1. The second-order valence-corrected chi connectivity index (χ2v) is 5.03. The molecule has 0 saturated heterocycles. The van der Waals surface area contributed by atoms with Crippen molar-refractivity contribution in [3.8, 4) is 6.07 Å². The Kier molecular flexibility index (Phi) is 6.54. The van der Waals surface area contributed by atoms with Gasteiger partial charge in [0, 0.05) is 18.8 Å². The predicted octanol–water partition coefficient (Wildman–Crippen LogP) is 4.98. The van der Waals surface area contributed by atoms with Crippen molar-refractivity contribution in [2.45, 2.75) is 45.7 Å². The standard InChI is InChI=1S/C16H21F3N2/c1-3-5-9-21(10-6-4-2)14-8-7-13(12-20)15(11-14)16(17,18)19/h7-8,11H,3-6,9-10H2,1-2H3. The second-order valence-electron chi connectivity index (χ2n) is 5.03. The van der Waals surface area contributed by atoms with Gasteiger partial charge in [0.2, 0.25) is 0 Å². The van der Waals surface area contributed by atoms with E-state index in [2.05, 4.69) is 13.8 Å². The molecule has 5 heteroatoms. The number of hydrogen-bond donors (Lipinski definition) is 0. The molecule has 0 amide bonds. The summed E-state index contributed by atoms with van der Waals surface area (Å²) < 4.78 is 39.0. The highest BCUT2D eigenvalue weighted by molar-refractivity contribution is 5.54. The summed E-state index contributed by atoms with van der Waals surface area (Å²) >= 11 is 0. The van der Waals surface area contributed by atoms with Crippen LogP contribution in [0.1, 0.15) is 50.7 Å². The quantitative estimate of drug-likeness (QED) is 0.709. The lowest BCUT2D eigenvalue weighted by Crippen LogP contribution is -2.26. The van der Waals surface area contributed by atoms with Crippen molar-refractivity contribution in [2.24, 2.45) is 0 Å². The van der Waals surface area contributed by atoms with E-state index in [9.17, 15) is 13.2 Å². The molecule has 1 rings (SSSR count). The number of rotatable bonds is 7. The Balaban J connectivity index is 3.11. The molecular weight excluding hydrogens is 277 g/mol. The lowest BCUT2D eigenvalue weighted by Gasteiger charge is -2.25. The summed E-state index contributed by atoms with van der Waals surface area (Å²) in [7, 11) is 0. The van der Waals surface area contributed by atoms with Gasteiger partial charge >= 0.3 is 6.18 Å². The van der Waals surface area contributed by atoms with Gasteiger partial charge in [0.25, 0.3) is 0 Å². The number of alkyl halides is 3. The minimum Gasteiger partial charge on any atom is -0.372 e. The number of nitrogens with zero attached hydrogens (tertiary/aromatic N) is 2. The summed E-state index contributed by atoms with van der Waals surface area (Å²) in [4.78, 5) is 1.98. The zero-order chi connectivity index (χ0) is 15.9. The predicted molar refractivity (Wildman–Crippen MR) is 78.2 cm³/mol. The lowest BCUT2D eigenvalue weighted by atomic mass is 10.1. The summed E-state index contributed by atoms with van der Waals surface area (Å²) in [5.74, 6) is 0. The van der Waals surface area contributed by atoms with Gasteiger partial charge in [-0.05, 0) is 31.0 Å². The van der Waals surface area contributed by atoms with Gasteiger partial charge in [-0.25, -0.2) is 0 Å². The van der Waals surface area contributed by atoms with Crippen LogP contribution in [0.15, 0.2) is 18.2 Å². The molecule has 0 aliphatic heterocycles. The van der Waals surface area contributed by atoms with Crippen LogP contribution in [0.3, 0.4) is 0 Å². The molecule has 0 aromatic heterocycles. The molecule has 0 aliphatic rings. The SMILES string of the molecule is CCCCN(CCCC)c1ccc(C#N)c(C(F)(F)F)c1. The molecule has 1 aromatic carbocycles. The molecule has 2 nitrogen and oxygen atoms in total. The summed E-state index contributed by atoms with van der Waals surface area (Å²) in [6.45, 7) is 5.58. The molecule has 0 atom stereocenters. The van der Waals surface area contributed by atoms with Crippen LogP contribution in [-0.2, 0) is 6.18 Å². The minimum absolute atomic E-state index is 0.322. The van der Waals surface area contributed by atoms with Crippen molar-refractivity contribution in [2.75, 3.05) is 18.0 Å². The fraction of sp³-hybridized carbons (Fsp3) is 0.562. The molecule has 1 aromatic rings. The maximum atomic E-state index is 13.0. The average Bonchev–Trinajstić information content (AvgIpc) is 2.46. The molecule has 0 N–H and O–H groups in total. The molecule has 21 heavy (non-hydrogen) atoms. The fourth-order valence-corrected chi connectivity index (χ4v) is 2.13. The Morgan fingerprint density at radius 2 is 1.67 bits per heavy atom. The molecule has 116 valence electrons. The first-order valence-electron chi connectivity index (χ1n) is 7.30. The molecule has 0 saturated carbocycles. The summed E-state index contributed by atoms with van der Waals surface area (Å²) in [5.41, 5.74) is -0.624. The van der Waals surface area contributed by atoms with E-state index in [1.54, 1.807) is 12.1 Å². The molecule has 0 heterocycles. The fourth-order valence-electron chi connectivity index (χ4n) is 2.13. The van der Waals surface area contributed by atoms with Crippen LogP contribution in [0, 0.1) is 11.3 Å². The van der Waals surface area contributed by atoms with E-state index in [4.69, 9.17) is 5.26 Å². The smallest absolute Gasteiger partial charge is 0.372 e. The zero-order valence-electron chi connectivity index (χ0n) is 12.5. The van der Waals surface area contributed by atoms with Crippen LogP contribution in [0.25, 0.3) is 0 Å². The molecule has 0 radical (unpaired) electrons. The molecule has 0 aliphatic carbocycles. The first-order chi connectivity index (χ1) is 9.93. The first kappa shape index (κ1) is 17.4. The van der Waals surface area contributed by atoms with Crippen LogP contribution < -0.4 is 4.90 Å². The van der Waals surface area contributed by atoms with E-state index in [0.717, 1.165) is 44.8 Å². The van der Waals surface area contributed by atoms with E-state index in [0.29, 0.717) is 5.69 Å². The van der Waals surface area contributed by atoms with E-state index in [-0.39, 0.29) is 5.56 Å². The Morgan fingerprint density at radius 1 is 1.10 bits per heavy atom. The van der Waals surface area contributed by atoms with Crippen LogP contribution >= 0.6 is 0 Å². The summed E-state index contributed by atoms with van der Waals surface area (Å²) in [6.07, 6.45) is -0.644. The average molecular weight is 298 g/mol. The zero-order valence-corrected chi connectivity index (χ0v) is 12.5. The van der Waals surface area contributed by atoms with Gasteiger partial charge in [-0.1, -0.05) is 26.7 Å². The van der Waals surface area contributed by atoms with Crippen LogP contribution in [0.5, 0.6) is 0 Å². The topological polar surface area (TPSA) is 27.0 Å². The van der Waals surface area contributed by atoms with Gasteiger partial charge in [-0.2, -0.15) is 18.4 Å². The third kappa shape index (κ3) is 4.96. The van der Waals surface area contributed by atoms with Crippen molar-refractivity contribution in [3.63, 3.8) is 0 Å². The van der Waals surface area contributed by atoms with E-state index < -0.39 is 11.7 Å². The minimum atomic E-state index is -4.50. The van der Waals surface area contributed by atoms with E-state index >= 15 is 0 Å². The Hall–Kier alpha value is -1.70. The van der Waals surface area contributed by atoms with Gasteiger partial charge < -0.3 is 4.90 Å². The number of hydrogen-bond acceptors (Lipinski definition) is 2.